The van der Waals surface area contributed by atoms with Crippen LogP contribution in [0.4, 0.5) is 0 Å². The molecule has 1 aliphatic carbocycles. The zero-order chi connectivity index (χ0) is 14.7. The highest BCUT2D eigenvalue weighted by atomic mass is 28.4. The molecule has 0 aromatic heterocycles. The van der Waals surface area contributed by atoms with Gasteiger partial charge in [-0.15, -0.1) is 0 Å². The van der Waals surface area contributed by atoms with Crippen molar-refractivity contribution in [3.63, 3.8) is 0 Å². The van der Waals surface area contributed by atoms with Crippen molar-refractivity contribution in [3.05, 3.63) is 12.2 Å². The maximum absolute atomic E-state index is 11.7. The molecule has 0 aliphatic heterocycles. The number of allylic oxidation sites excluding steroid dienone is 1. The molecule has 3 heteroatoms. The van der Waals surface area contributed by atoms with Gasteiger partial charge in [-0.25, -0.2) is 0 Å². The number of carbonyl (C=O) groups is 1. The number of rotatable bonds is 6. The predicted octanol–water partition coefficient (Wildman–Crippen LogP) is 4.86. The Labute approximate surface area is 119 Å². The van der Waals surface area contributed by atoms with Gasteiger partial charge in [0.1, 0.15) is 5.60 Å². The Hall–Kier alpha value is -0.413. The van der Waals surface area contributed by atoms with Gasteiger partial charge in [0, 0.05) is 6.42 Å². The molecule has 0 aromatic rings. The first kappa shape index (κ1) is 16.6. The summed E-state index contributed by atoms with van der Waals surface area (Å²) < 4.78 is 6.72. The van der Waals surface area contributed by atoms with Crippen LogP contribution in [0.1, 0.15) is 60.8 Å². The fourth-order valence-corrected chi connectivity index (χ4v) is 9.40. The van der Waals surface area contributed by atoms with Gasteiger partial charge in [-0.3, -0.25) is 0 Å². The Bertz CT molecular complexity index is 312. The van der Waals surface area contributed by atoms with E-state index in [1.54, 1.807) is 0 Å². The van der Waals surface area contributed by atoms with Crippen molar-refractivity contribution in [1.82, 2.24) is 0 Å². The normalized spacial score (nSPS) is 24.5. The van der Waals surface area contributed by atoms with Gasteiger partial charge >= 0.3 is 0 Å². The number of hydrogen-bond donors (Lipinski definition) is 0. The fourth-order valence-electron chi connectivity index (χ4n) is 3.76. The molecule has 0 amide bonds. The zero-order valence-corrected chi connectivity index (χ0v) is 14.4. The van der Waals surface area contributed by atoms with E-state index in [2.05, 4.69) is 53.7 Å². The van der Waals surface area contributed by atoms with Gasteiger partial charge < -0.3 is 9.22 Å². The molecular weight excluding hydrogens is 252 g/mol. The van der Waals surface area contributed by atoms with Crippen molar-refractivity contribution < 1.29 is 9.22 Å². The van der Waals surface area contributed by atoms with E-state index in [0.717, 1.165) is 25.5 Å². The molecular formula is C16H30O2Si. The van der Waals surface area contributed by atoms with E-state index in [0.29, 0.717) is 16.6 Å². The topological polar surface area (TPSA) is 26.3 Å². The van der Waals surface area contributed by atoms with Crippen molar-refractivity contribution in [2.45, 2.75) is 83.0 Å². The molecule has 0 radical (unpaired) electrons. The lowest BCUT2D eigenvalue weighted by molar-refractivity contribution is -0.123. The first-order chi connectivity index (χ1) is 8.81. The summed E-state index contributed by atoms with van der Waals surface area (Å²) in [5.41, 5.74) is 1.01. The third-order valence-corrected chi connectivity index (χ3v) is 10.8. The molecule has 2 nitrogen and oxygen atoms in total. The van der Waals surface area contributed by atoms with E-state index in [4.69, 9.17) is 4.43 Å². The fraction of sp³-hybridized carbons (Fsp3) is 0.812. The summed E-state index contributed by atoms with van der Waals surface area (Å²) in [5.74, 6) is 0. The second-order valence-corrected chi connectivity index (χ2v) is 12.2. The summed E-state index contributed by atoms with van der Waals surface area (Å²) in [6.45, 7) is 13.6. The van der Waals surface area contributed by atoms with Crippen molar-refractivity contribution in [1.29, 1.82) is 0 Å². The van der Waals surface area contributed by atoms with Gasteiger partial charge in [-0.1, -0.05) is 53.7 Å². The van der Waals surface area contributed by atoms with Crippen LogP contribution in [-0.2, 0) is 9.22 Å². The van der Waals surface area contributed by atoms with E-state index < -0.39 is 13.9 Å². The number of carbonyl (C=O) groups excluding carboxylic acids is 1. The molecule has 0 saturated heterocycles. The minimum atomic E-state index is -1.97. The maximum Gasteiger partial charge on any atom is 0.201 e. The maximum atomic E-state index is 11.7. The molecule has 0 spiro atoms. The van der Waals surface area contributed by atoms with Crippen LogP contribution in [0.15, 0.2) is 12.2 Å². The Balaban J connectivity index is 3.12. The molecule has 1 unspecified atom stereocenters. The first-order valence-electron chi connectivity index (χ1n) is 7.62. The Morgan fingerprint density at radius 3 is 1.89 bits per heavy atom. The predicted molar refractivity (Wildman–Crippen MR) is 83.9 cm³/mol. The van der Waals surface area contributed by atoms with E-state index in [1.807, 2.05) is 0 Å². The smallest absolute Gasteiger partial charge is 0.201 e. The van der Waals surface area contributed by atoms with E-state index in [-0.39, 0.29) is 0 Å². The molecule has 0 N–H and O–H groups in total. The molecule has 0 bridgehead atoms. The Morgan fingerprint density at radius 1 is 1.05 bits per heavy atom. The third-order valence-electron chi connectivity index (χ3n) is 4.67. The van der Waals surface area contributed by atoms with Crippen molar-refractivity contribution in [3.8, 4) is 0 Å². The average Bonchev–Trinajstić information content (AvgIpc) is 2.36. The average molecular weight is 282 g/mol. The van der Waals surface area contributed by atoms with Crippen LogP contribution in [0, 0.1) is 0 Å². The third kappa shape index (κ3) is 3.19. The van der Waals surface area contributed by atoms with Gasteiger partial charge in [0.15, 0.2) is 6.29 Å². The quantitative estimate of drug-likeness (QED) is 0.395. The van der Waals surface area contributed by atoms with Crippen LogP contribution in [0.25, 0.3) is 0 Å². The van der Waals surface area contributed by atoms with E-state index in [9.17, 15) is 4.79 Å². The zero-order valence-electron chi connectivity index (χ0n) is 13.4. The van der Waals surface area contributed by atoms with Crippen LogP contribution in [-0.4, -0.2) is 20.2 Å². The molecule has 0 saturated carbocycles. The second-order valence-electron chi connectivity index (χ2n) is 6.82. The monoisotopic (exact) mass is 282 g/mol. The van der Waals surface area contributed by atoms with Crippen molar-refractivity contribution in [2.75, 3.05) is 0 Å². The lowest BCUT2D eigenvalue weighted by Gasteiger charge is -2.48. The van der Waals surface area contributed by atoms with Crippen LogP contribution in [0.3, 0.4) is 0 Å². The first-order valence-corrected chi connectivity index (χ1v) is 9.76. The van der Waals surface area contributed by atoms with Gasteiger partial charge in [0.2, 0.25) is 8.32 Å². The second kappa shape index (κ2) is 6.36. The molecule has 110 valence electrons. The minimum absolute atomic E-state index is 0.523. The molecule has 1 rings (SSSR count). The molecule has 0 fully saturated rings. The number of hydrogen-bond acceptors (Lipinski definition) is 2. The molecule has 0 aromatic carbocycles. The Kier molecular flexibility index (Phi) is 5.57. The highest BCUT2D eigenvalue weighted by Crippen LogP contribution is 2.46. The highest BCUT2D eigenvalue weighted by Gasteiger charge is 2.50. The molecule has 19 heavy (non-hydrogen) atoms. The summed E-state index contributed by atoms with van der Waals surface area (Å²) in [6, 6.07) is 0. The summed E-state index contributed by atoms with van der Waals surface area (Å²) in [6.07, 6.45) is 7.89. The van der Waals surface area contributed by atoms with Gasteiger partial charge in [-0.05, 0) is 29.5 Å². The summed E-state index contributed by atoms with van der Waals surface area (Å²) in [7, 11) is -1.97. The van der Waals surface area contributed by atoms with Gasteiger partial charge in [0.05, 0.1) is 0 Å². The van der Waals surface area contributed by atoms with E-state index >= 15 is 0 Å². The Morgan fingerprint density at radius 2 is 1.58 bits per heavy atom. The van der Waals surface area contributed by atoms with Gasteiger partial charge in [0.25, 0.3) is 0 Å². The number of aldehydes is 1. The van der Waals surface area contributed by atoms with Crippen molar-refractivity contribution >= 4 is 14.6 Å². The standard InChI is InChI=1S/C16H30O2Si/c1-13(2)19(14(3)4,15(5)6)18-16(12-17)10-8-7-9-11-16/h7-8,12-15H,9-11H2,1-6H3. The van der Waals surface area contributed by atoms with Crippen LogP contribution in [0.2, 0.25) is 16.6 Å². The summed E-state index contributed by atoms with van der Waals surface area (Å²) >= 11 is 0. The van der Waals surface area contributed by atoms with Crippen LogP contribution < -0.4 is 0 Å². The van der Waals surface area contributed by atoms with Crippen molar-refractivity contribution in [2.24, 2.45) is 0 Å². The van der Waals surface area contributed by atoms with Gasteiger partial charge in [-0.2, -0.15) is 0 Å². The van der Waals surface area contributed by atoms with Crippen LogP contribution >= 0.6 is 0 Å². The SMILES string of the molecule is CC(C)[Si](OC1(C=O)CC=CCC1)(C(C)C)C(C)C. The lowest BCUT2D eigenvalue weighted by atomic mass is 9.91. The summed E-state index contributed by atoms with van der Waals surface area (Å²) in [4.78, 5) is 11.7. The molecule has 0 heterocycles. The van der Waals surface area contributed by atoms with E-state index in [1.165, 1.54) is 0 Å². The molecule has 1 atom stereocenters. The largest absolute Gasteiger partial charge is 0.403 e. The summed E-state index contributed by atoms with van der Waals surface area (Å²) in [5, 5.41) is 0. The lowest BCUT2D eigenvalue weighted by Crippen LogP contribution is -2.55. The van der Waals surface area contributed by atoms with Crippen LogP contribution in [0.5, 0.6) is 0 Å². The highest BCUT2D eigenvalue weighted by molar-refractivity contribution is 6.77. The molecule has 1 aliphatic rings. The minimum Gasteiger partial charge on any atom is -0.403 e.